The Bertz CT molecular complexity index is 630. The van der Waals surface area contributed by atoms with Crippen LogP contribution in [0.1, 0.15) is 36.8 Å². The van der Waals surface area contributed by atoms with Gasteiger partial charge in [-0.2, -0.15) is 0 Å². The van der Waals surface area contributed by atoms with Crippen LogP contribution >= 0.6 is 15.9 Å². The first-order chi connectivity index (χ1) is 17.0. The first kappa shape index (κ1) is 33.3. The SMILES string of the molecule is CN(C)CCCN(CCCN(C)C)Cc1cc(Br)cc(CN(CCCN(C)C)CCCN(C)C)c1O. The zero-order chi connectivity index (χ0) is 27.1. The van der Waals surface area contributed by atoms with Gasteiger partial charge in [-0.15, -0.1) is 0 Å². The van der Waals surface area contributed by atoms with Gasteiger partial charge in [0.25, 0.3) is 0 Å². The summed E-state index contributed by atoms with van der Waals surface area (Å²) in [6.45, 7) is 10.0. The summed E-state index contributed by atoms with van der Waals surface area (Å²) >= 11 is 3.74. The van der Waals surface area contributed by atoms with E-state index in [0.29, 0.717) is 5.75 Å². The average molecular weight is 572 g/mol. The molecule has 0 aliphatic carbocycles. The van der Waals surface area contributed by atoms with E-state index in [0.717, 1.165) is 107 Å². The molecule has 0 saturated carbocycles. The van der Waals surface area contributed by atoms with Gasteiger partial charge in [0.1, 0.15) is 5.75 Å². The van der Waals surface area contributed by atoms with Crippen LogP contribution in [0.3, 0.4) is 0 Å². The van der Waals surface area contributed by atoms with Gasteiger partial charge in [0, 0.05) is 28.7 Å². The quantitative estimate of drug-likeness (QED) is 0.257. The molecule has 1 aromatic rings. The molecule has 0 bridgehead atoms. The summed E-state index contributed by atoms with van der Waals surface area (Å²) in [5, 5.41) is 11.4. The van der Waals surface area contributed by atoms with Crippen molar-refractivity contribution in [2.45, 2.75) is 38.8 Å². The van der Waals surface area contributed by atoms with Crippen LogP contribution in [-0.4, -0.2) is 143 Å². The summed E-state index contributed by atoms with van der Waals surface area (Å²) in [5.41, 5.74) is 2.05. The predicted octanol–water partition coefficient (Wildman–Crippen LogP) is 3.57. The van der Waals surface area contributed by atoms with E-state index < -0.39 is 0 Å². The van der Waals surface area contributed by atoms with Crippen molar-refractivity contribution in [3.63, 3.8) is 0 Å². The van der Waals surface area contributed by atoms with Gasteiger partial charge in [-0.1, -0.05) is 15.9 Å². The summed E-state index contributed by atoms with van der Waals surface area (Å²) < 4.78 is 1.05. The Hall–Kier alpha value is -0.740. The minimum absolute atomic E-state index is 0.466. The molecule has 0 radical (unpaired) electrons. The van der Waals surface area contributed by atoms with Crippen LogP contribution < -0.4 is 0 Å². The van der Waals surface area contributed by atoms with Gasteiger partial charge in [0.05, 0.1) is 0 Å². The van der Waals surface area contributed by atoms with Crippen molar-refractivity contribution < 1.29 is 5.11 Å². The Morgan fingerprint density at radius 2 is 0.806 bits per heavy atom. The van der Waals surface area contributed by atoms with Crippen molar-refractivity contribution in [1.82, 2.24) is 29.4 Å². The molecule has 7 nitrogen and oxygen atoms in total. The van der Waals surface area contributed by atoms with E-state index in [-0.39, 0.29) is 0 Å². The highest BCUT2D eigenvalue weighted by atomic mass is 79.9. The molecule has 0 heterocycles. The van der Waals surface area contributed by atoms with Gasteiger partial charge in [-0.3, -0.25) is 9.80 Å². The summed E-state index contributed by atoms with van der Waals surface area (Å²) in [6.07, 6.45) is 4.51. The molecular formula is C28H55BrN6O. The van der Waals surface area contributed by atoms with E-state index in [1.807, 2.05) is 0 Å². The van der Waals surface area contributed by atoms with E-state index in [1.165, 1.54) is 0 Å². The van der Waals surface area contributed by atoms with Crippen LogP contribution in [0.2, 0.25) is 0 Å². The summed E-state index contributed by atoms with van der Waals surface area (Å²) in [7, 11) is 17.0. The van der Waals surface area contributed by atoms with Crippen LogP contribution in [-0.2, 0) is 13.1 Å². The van der Waals surface area contributed by atoms with Crippen LogP contribution in [0.5, 0.6) is 5.75 Å². The number of benzene rings is 1. The number of hydrogen-bond donors (Lipinski definition) is 1. The Balaban J connectivity index is 2.98. The van der Waals surface area contributed by atoms with E-state index in [9.17, 15) is 5.11 Å². The highest BCUT2D eigenvalue weighted by Crippen LogP contribution is 2.30. The molecule has 0 unspecified atom stereocenters. The van der Waals surface area contributed by atoms with E-state index >= 15 is 0 Å². The van der Waals surface area contributed by atoms with Crippen molar-refractivity contribution in [3.05, 3.63) is 27.7 Å². The standard InChI is InChI=1S/C28H55BrN6O/c1-30(2)13-9-17-34(18-10-14-31(3)4)23-25-21-27(29)22-26(28(25)36)24-35(19-11-15-32(5)6)20-12-16-33(7)8/h21-22,36H,9-20,23-24H2,1-8H3. The molecule has 0 atom stereocenters. The molecule has 1 rings (SSSR count). The summed E-state index contributed by atoms with van der Waals surface area (Å²) in [6, 6.07) is 4.21. The average Bonchev–Trinajstić information content (AvgIpc) is 2.75. The second-order valence-corrected chi connectivity index (χ2v) is 12.2. The highest BCUT2D eigenvalue weighted by Gasteiger charge is 2.16. The fourth-order valence-electron chi connectivity index (χ4n) is 4.42. The zero-order valence-corrected chi connectivity index (χ0v) is 26.1. The van der Waals surface area contributed by atoms with Crippen molar-refractivity contribution in [2.24, 2.45) is 0 Å². The summed E-state index contributed by atoms with van der Waals surface area (Å²) in [5.74, 6) is 0.466. The molecule has 36 heavy (non-hydrogen) atoms. The third kappa shape index (κ3) is 15.5. The first-order valence-corrected chi connectivity index (χ1v) is 14.3. The largest absolute Gasteiger partial charge is 0.507 e. The van der Waals surface area contributed by atoms with Crippen LogP contribution in [0.15, 0.2) is 16.6 Å². The van der Waals surface area contributed by atoms with Gasteiger partial charge in [-0.05, 0) is 147 Å². The van der Waals surface area contributed by atoms with Crippen LogP contribution in [0.4, 0.5) is 0 Å². The zero-order valence-electron chi connectivity index (χ0n) is 24.6. The Labute approximate surface area is 231 Å². The minimum Gasteiger partial charge on any atom is -0.507 e. The van der Waals surface area contributed by atoms with Gasteiger partial charge in [-0.25, -0.2) is 0 Å². The molecule has 8 heteroatoms. The van der Waals surface area contributed by atoms with Crippen molar-refractivity contribution >= 4 is 15.9 Å². The molecule has 1 aromatic carbocycles. The number of hydrogen-bond acceptors (Lipinski definition) is 7. The van der Waals surface area contributed by atoms with Gasteiger partial charge >= 0.3 is 0 Å². The fraction of sp³-hybridized carbons (Fsp3) is 0.786. The lowest BCUT2D eigenvalue weighted by Crippen LogP contribution is -2.31. The molecule has 0 amide bonds. The topological polar surface area (TPSA) is 39.7 Å². The third-order valence-electron chi connectivity index (χ3n) is 6.34. The molecule has 1 N–H and O–H groups in total. The normalized spacial score (nSPS) is 12.4. The molecule has 0 aliphatic heterocycles. The van der Waals surface area contributed by atoms with Crippen molar-refractivity contribution in [1.29, 1.82) is 0 Å². The number of halogens is 1. The molecule has 0 spiro atoms. The smallest absolute Gasteiger partial charge is 0.124 e. The minimum atomic E-state index is 0.466. The monoisotopic (exact) mass is 570 g/mol. The lowest BCUT2D eigenvalue weighted by Gasteiger charge is -2.27. The Morgan fingerprint density at radius 3 is 1.06 bits per heavy atom. The van der Waals surface area contributed by atoms with Crippen molar-refractivity contribution in [2.75, 3.05) is 109 Å². The van der Waals surface area contributed by atoms with E-state index in [1.54, 1.807) is 0 Å². The molecular weight excluding hydrogens is 516 g/mol. The number of phenols is 1. The second-order valence-electron chi connectivity index (χ2n) is 11.3. The van der Waals surface area contributed by atoms with E-state index in [4.69, 9.17) is 0 Å². The molecule has 0 saturated heterocycles. The lowest BCUT2D eigenvalue weighted by atomic mass is 10.1. The second kappa shape index (κ2) is 18.5. The highest BCUT2D eigenvalue weighted by molar-refractivity contribution is 9.10. The maximum atomic E-state index is 11.4. The predicted molar refractivity (Wildman–Crippen MR) is 159 cm³/mol. The van der Waals surface area contributed by atoms with Crippen LogP contribution in [0, 0.1) is 0 Å². The first-order valence-electron chi connectivity index (χ1n) is 13.5. The molecule has 210 valence electrons. The fourth-order valence-corrected chi connectivity index (χ4v) is 4.98. The van der Waals surface area contributed by atoms with E-state index in [2.05, 4.69) is 114 Å². The van der Waals surface area contributed by atoms with Gasteiger partial charge in [0.15, 0.2) is 0 Å². The molecule has 0 fully saturated rings. The molecule has 0 aromatic heterocycles. The van der Waals surface area contributed by atoms with Gasteiger partial charge in [0.2, 0.25) is 0 Å². The molecule has 0 aliphatic rings. The Morgan fingerprint density at radius 1 is 0.528 bits per heavy atom. The maximum absolute atomic E-state index is 11.4. The lowest BCUT2D eigenvalue weighted by molar-refractivity contribution is 0.226. The van der Waals surface area contributed by atoms with Crippen LogP contribution in [0.25, 0.3) is 0 Å². The third-order valence-corrected chi connectivity index (χ3v) is 6.80. The van der Waals surface area contributed by atoms with Gasteiger partial charge < -0.3 is 24.7 Å². The maximum Gasteiger partial charge on any atom is 0.124 e. The Kier molecular flexibility index (Phi) is 17.1. The van der Waals surface area contributed by atoms with Crippen molar-refractivity contribution in [3.8, 4) is 5.75 Å². The number of aromatic hydroxyl groups is 1. The number of nitrogens with zero attached hydrogens (tertiary/aromatic N) is 6. The number of rotatable bonds is 20. The summed E-state index contributed by atoms with van der Waals surface area (Å²) in [4.78, 5) is 14.0. The number of phenolic OH excluding ortho intramolecular Hbond substituents is 1.